The number of nitrogens with zero attached hydrogens (tertiary/aromatic N) is 1. The van der Waals surface area contributed by atoms with Gasteiger partial charge in [0, 0.05) is 6.04 Å². The van der Waals surface area contributed by atoms with E-state index in [4.69, 9.17) is 9.47 Å². The van der Waals surface area contributed by atoms with Gasteiger partial charge in [-0.05, 0) is 30.5 Å². The number of imide groups is 1. The van der Waals surface area contributed by atoms with E-state index in [1.165, 1.54) is 4.90 Å². The number of rotatable bonds is 6. The normalized spacial score (nSPS) is 22.7. The molecule has 2 aliphatic rings. The SMILES string of the molecule is COc1ccc(CC(=O)NC2CCCCC2N2C(=O)CSC2=O)cc1OC. The number of hydrogen-bond acceptors (Lipinski definition) is 6. The van der Waals surface area contributed by atoms with E-state index < -0.39 is 0 Å². The second kappa shape index (κ2) is 8.65. The summed E-state index contributed by atoms with van der Waals surface area (Å²) in [5.41, 5.74) is 0.807. The van der Waals surface area contributed by atoms with Crippen LogP contribution in [0.5, 0.6) is 11.5 Å². The predicted octanol–water partition coefficient (Wildman–Crippen LogP) is 2.37. The molecule has 1 N–H and O–H groups in total. The zero-order valence-corrected chi connectivity index (χ0v) is 16.3. The van der Waals surface area contributed by atoms with Crippen LogP contribution >= 0.6 is 11.8 Å². The number of benzene rings is 1. The Hall–Kier alpha value is -2.22. The minimum absolute atomic E-state index is 0.133. The smallest absolute Gasteiger partial charge is 0.289 e. The van der Waals surface area contributed by atoms with Crippen molar-refractivity contribution in [3.8, 4) is 11.5 Å². The fraction of sp³-hybridized carbons (Fsp3) is 0.526. The Morgan fingerprint density at radius 2 is 1.93 bits per heavy atom. The summed E-state index contributed by atoms with van der Waals surface area (Å²) >= 11 is 1.04. The van der Waals surface area contributed by atoms with Crippen LogP contribution in [0.3, 0.4) is 0 Å². The van der Waals surface area contributed by atoms with Crippen LogP contribution in [0, 0.1) is 0 Å². The van der Waals surface area contributed by atoms with Gasteiger partial charge in [0.1, 0.15) is 0 Å². The van der Waals surface area contributed by atoms with Gasteiger partial charge in [0.05, 0.1) is 32.4 Å². The molecule has 1 aromatic rings. The highest BCUT2D eigenvalue weighted by atomic mass is 32.2. The first-order valence-electron chi connectivity index (χ1n) is 9.02. The minimum Gasteiger partial charge on any atom is -0.493 e. The molecule has 1 aromatic carbocycles. The van der Waals surface area contributed by atoms with Crippen LogP contribution in [0.25, 0.3) is 0 Å². The van der Waals surface area contributed by atoms with Crippen molar-refractivity contribution in [3.05, 3.63) is 23.8 Å². The molecule has 7 nitrogen and oxygen atoms in total. The van der Waals surface area contributed by atoms with E-state index in [9.17, 15) is 14.4 Å². The highest BCUT2D eigenvalue weighted by Crippen LogP contribution is 2.30. The minimum atomic E-state index is -0.247. The van der Waals surface area contributed by atoms with Crippen LogP contribution in [-0.2, 0) is 16.0 Å². The van der Waals surface area contributed by atoms with E-state index in [0.717, 1.165) is 43.0 Å². The summed E-state index contributed by atoms with van der Waals surface area (Å²) in [4.78, 5) is 38.1. The number of amides is 3. The molecule has 1 heterocycles. The quantitative estimate of drug-likeness (QED) is 0.800. The molecule has 146 valence electrons. The molecule has 8 heteroatoms. The van der Waals surface area contributed by atoms with Crippen LogP contribution in [0.1, 0.15) is 31.2 Å². The molecule has 0 bridgehead atoms. The number of nitrogens with one attached hydrogen (secondary N) is 1. The molecule has 2 unspecified atom stereocenters. The van der Waals surface area contributed by atoms with Crippen LogP contribution in [0.4, 0.5) is 4.79 Å². The fourth-order valence-corrected chi connectivity index (χ4v) is 4.47. The predicted molar refractivity (Wildman–Crippen MR) is 102 cm³/mol. The van der Waals surface area contributed by atoms with Crippen molar-refractivity contribution in [2.24, 2.45) is 0 Å². The van der Waals surface area contributed by atoms with E-state index in [-0.39, 0.29) is 41.3 Å². The highest BCUT2D eigenvalue weighted by Gasteiger charge is 2.41. The van der Waals surface area contributed by atoms with E-state index >= 15 is 0 Å². The summed E-state index contributed by atoms with van der Waals surface area (Å²) in [7, 11) is 3.11. The lowest BCUT2D eigenvalue weighted by Gasteiger charge is -2.36. The topological polar surface area (TPSA) is 84.9 Å². The molecule has 2 atom stereocenters. The second-order valence-corrected chi connectivity index (χ2v) is 7.64. The van der Waals surface area contributed by atoms with Crippen molar-refractivity contribution in [1.29, 1.82) is 0 Å². The molecule has 3 rings (SSSR count). The molecule has 1 aliphatic heterocycles. The van der Waals surface area contributed by atoms with Crippen molar-refractivity contribution in [1.82, 2.24) is 10.2 Å². The lowest BCUT2D eigenvalue weighted by Crippen LogP contribution is -2.55. The van der Waals surface area contributed by atoms with Crippen molar-refractivity contribution in [2.75, 3.05) is 20.0 Å². The Kier molecular flexibility index (Phi) is 6.26. The molecule has 2 fully saturated rings. The third-order valence-corrected chi connectivity index (χ3v) is 5.84. The van der Waals surface area contributed by atoms with E-state index in [1.807, 2.05) is 6.07 Å². The van der Waals surface area contributed by atoms with Gasteiger partial charge >= 0.3 is 0 Å². The Morgan fingerprint density at radius 3 is 2.59 bits per heavy atom. The summed E-state index contributed by atoms with van der Waals surface area (Å²) in [5.74, 6) is 1.09. The first kappa shape index (κ1) is 19.5. The standard InChI is InChI=1S/C19H24N2O5S/c1-25-15-8-7-12(9-16(15)26-2)10-17(22)20-13-5-3-4-6-14(13)21-18(23)11-27-19(21)24/h7-9,13-14H,3-6,10-11H2,1-2H3,(H,20,22). The van der Waals surface area contributed by atoms with Crippen LogP contribution in [-0.4, -0.2) is 54.0 Å². The average molecular weight is 392 g/mol. The summed E-state index contributed by atoms with van der Waals surface area (Å²) < 4.78 is 10.5. The Morgan fingerprint density at radius 1 is 1.19 bits per heavy atom. The molecular formula is C19H24N2O5S. The molecule has 0 spiro atoms. The molecule has 0 radical (unpaired) electrons. The highest BCUT2D eigenvalue weighted by molar-refractivity contribution is 8.14. The third-order valence-electron chi connectivity index (χ3n) is 5.00. The van der Waals surface area contributed by atoms with E-state index in [2.05, 4.69) is 5.32 Å². The maximum atomic E-state index is 12.6. The van der Waals surface area contributed by atoms with Gasteiger partial charge in [-0.15, -0.1) is 0 Å². The second-order valence-electron chi connectivity index (χ2n) is 6.71. The van der Waals surface area contributed by atoms with Crippen molar-refractivity contribution >= 4 is 28.8 Å². The lowest BCUT2D eigenvalue weighted by atomic mass is 9.89. The maximum Gasteiger partial charge on any atom is 0.289 e. The summed E-state index contributed by atoms with van der Waals surface area (Å²) in [6.45, 7) is 0. The van der Waals surface area contributed by atoms with Gasteiger partial charge in [0.2, 0.25) is 11.8 Å². The lowest BCUT2D eigenvalue weighted by molar-refractivity contribution is -0.129. The fourth-order valence-electron chi connectivity index (χ4n) is 3.71. The zero-order chi connectivity index (χ0) is 19.4. The maximum absolute atomic E-state index is 12.6. The Bertz CT molecular complexity index is 723. The summed E-state index contributed by atoms with van der Waals surface area (Å²) in [6, 6.07) is 4.93. The van der Waals surface area contributed by atoms with Crippen molar-refractivity contribution in [3.63, 3.8) is 0 Å². The summed E-state index contributed by atoms with van der Waals surface area (Å²) in [6.07, 6.45) is 3.62. The number of ether oxygens (including phenoxy) is 2. The zero-order valence-electron chi connectivity index (χ0n) is 15.5. The average Bonchev–Trinajstić information content (AvgIpc) is 3.00. The molecular weight excluding hydrogens is 368 g/mol. The number of thioether (sulfide) groups is 1. The molecule has 1 aliphatic carbocycles. The summed E-state index contributed by atoms with van der Waals surface area (Å²) in [5, 5.41) is 2.83. The number of carbonyl (C=O) groups is 3. The van der Waals surface area contributed by atoms with Crippen LogP contribution in [0.2, 0.25) is 0 Å². The third kappa shape index (κ3) is 4.37. The van der Waals surface area contributed by atoms with E-state index in [0.29, 0.717) is 11.5 Å². The number of methoxy groups -OCH3 is 2. The molecule has 3 amide bonds. The van der Waals surface area contributed by atoms with Crippen molar-refractivity contribution < 1.29 is 23.9 Å². The van der Waals surface area contributed by atoms with Gasteiger partial charge in [-0.3, -0.25) is 19.3 Å². The van der Waals surface area contributed by atoms with Crippen molar-refractivity contribution in [2.45, 2.75) is 44.2 Å². The van der Waals surface area contributed by atoms with Gasteiger partial charge in [0.15, 0.2) is 11.5 Å². The largest absolute Gasteiger partial charge is 0.493 e. The molecule has 1 saturated heterocycles. The van der Waals surface area contributed by atoms with Gasteiger partial charge < -0.3 is 14.8 Å². The van der Waals surface area contributed by atoms with Gasteiger partial charge in [-0.25, -0.2) is 0 Å². The van der Waals surface area contributed by atoms with Gasteiger partial charge in [-0.1, -0.05) is 30.7 Å². The van der Waals surface area contributed by atoms with E-state index in [1.54, 1.807) is 26.4 Å². The Balaban J connectivity index is 1.67. The monoisotopic (exact) mass is 392 g/mol. The van der Waals surface area contributed by atoms with Crippen LogP contribution < -0.4 is 14.8 Å². The van der Waals surface area contributed by atoms with Crippen LogP contribution in [0.15, 0.2) is 18.2 Å². The molecule has 0 aromatic heterocycles. The molecule has 1 saturated carbocycles. The Labute approximate surface area is 162 Å². The number of hydrogen-bond donors (Lipinski definition) is 1. The number of carbonyl (C=O) groups excluding carboxylic acids is 3. The first-order chi connectivity index (χ1) is 13.0. The molecule has 27 heavy (non-hydrogen) atoms. The van der Waals surface area contributed by atoms with Gasteiger partial charge in [-0.2, -0.15) is 0 Å². The first-order valence-corrected chi connectivity index (χ1v) is 10.0. The van der Waals surface area contributed by atoms with Gasteiger partial charge in [0.25, 0.3) is 5.24 Å².